The number of halogens is 1. The van der Waals surface area contributed by atoms with Gasteiger partial charge in [0, 0.05) is 23.0 Å². The number of nitrogens with one attached hydrogen (secondary N) is 1. The fourth-order valence-electron chi connectivity index (χ4n) is 3.38. The molecule has 0 aliphatic carbocycles. The summed E-state index contributed by atoms with van der Waals surface area (Å²) in [6.07, 6.45) is 3.12. The van der Waals surface area contributed by atoms with Gasteiger partial charge in [-0.1, -0.05) is 29.8 Å². The Morgan fingerprint density at radius 3 is 2.55 bits per heavy atom. The molecule has 3 heterocycles. The standard InChI is InChI=1S/C21H15ClN4O2S/c1-29(27,28)15-8-5-13(6-9-15)19-20(26-11-3-2-4-18(26)25-19)21-23-16-10-7-14(22)12-17(16)24-21/h2-12H,1H3,(H,23,24). The smallest absolute Gasteiger partial charge is 0.175 e. The van der Waals surface area contributed by atoms with E-state index in [4.69, 9.17) is 21.6 Å². The van der Waals surface area contributed by atoms with Gasteiger partial charge in [-0.25, -0.2) is 18.4 Å². The number of fused-ring (bicyclic) bond motifs is 2. The Hall–Kier alpha value is -3.16. The van der Waals surface area contributed by atoms with Crippen LogP contribution in [0, 0.1) is 0 Å². The lowest BCUT2D eigenvalue weighted by molar-refractivity contribution is 0.602. The van der Waals surface area contributed by atoms with Crippen LogP contribution in [-0.4, -0.2) is 34.0 Å². The number of H-pyrrole nitrogens is 1. The lowest BCUT2D eigenvalue weighted by atomic mass is 10.1. The van der Waals surface area contributed by atoms with Gasteiger partial charge in [-0.05, 0) is 42.5 Å². The monoisotopic (exact) mass is 422 g/mol. The maximum atomic E-state index is 11.8. The van der Waals surface area contributed by atoms with Gasteiger partial charge in [-0.3, -0.25) is 4.40 Å². The van der Waals surface area contributed by atoms with Crippen LogP contribution in [-0.2, 0) is 9.84 Å². The predicted octanol–water partition coefficient (Wildman–Crippen LogP) is 4.60. The summed E-state index contributed by atoms with van der Waals surface area (Å²) in [5.74, 6) is 0.656. The van der Waals surface area contributed by atoms with Gasteiger partial charge in [-0.2, -0.15) is 0 Å². The minimum atomic E-state index is -3.27. The van der Waals surface area contributed by atoms with Gasteiger partial charge in [0.15, 0.2) is 15.7 Å². The topological polar surface area (TPSA) is 80.1 Å². The molecule has 0 fully saturated rings. The molecule has 5 rings (SSSR count). The first-order valence-electron chi connectivity index (χ1n) is 8.83. The van der Waals surface area contributed by atoms with Crippen molar-refractivity contribution in [1.82, 2.24) is 19.4 Å². The number of aromatic nitrogens is 4. The summed E-state index contributed by atoms with van der Waals surface area (Å²) in [5.41, 5.74) is 4.70. The third-order valence-corrected chi connectivity index (χ3v) is 6.12. The van der Waals surface area contributed by atoms with Gasteiger partial charge in [0.25, 0.3) is 0 Å². The largest absolute Gasteiger partial charge is 0.337 e. The third-order valence-electron chi connectivity index (χ3n) is 4.75. The van der Waals surface area contributed by atoms with E-state index < -0.39 is 9.84 Å². The molecule has 29 heavy (non-hydrogen) atoms. The normalized spacial score (nSPS) is 12.1. The Morgan fingerprint density at radius 1 is 1.00 bits per heavy atom. The van der Waals surface area contributed by atoms with E-state index in [9.17, 15) is 8.42 Å². The van der Waals surface area contributed by atoms with Gasteiger partial charge in [0.1, 0.15) is 17.0 Å². The van der Waals surface area contributed by atoms with Gasteiger partial charge < -0.3 is 4.98 Å². The minimum absolute atomic E-state index is 0.268. The van der Waals surface area contributed by atoms with Crippen LogP contribution >= 0.6 is 11.6 Å². The lowest BCUT2D eigenvalue weighted by Gasteiger charge is -2.04. The quantitative estimate of drug-likeness (QED) is 0.460. The molecule has 0 spiro atoms. The molecule has 3 aromatic heterocycles. The summed E-state index contributed by atoms with van der Waals surface area (Å²) < 4.78 is 25.5. The number of benzene rings is 2. The molecule has 1 N–H and O–H groups in total. The van der Waals surface area contributed by atoms with Gasteiger partial charge in [0.2, 0.25) is 0 Å². The maximum Gasteiger partial charge on any atom is 0.175 e. The Bertz CT molecular complexity index is 1480. The van der Waals surface area contributed by atoms with Crippen molar-refractivity contribution >= 4 is 38.1 Å². The molecule has 0 aliphatic rings. The predicted molar refractivity (Wildman–Crippen MR) is 114 cm³/mol. The Morgan fingerprint density at radius 2 is 1.79 bits per heavy atom. The molecule has 0 saturated heterocycles. The zero-order valence-electron chi connectivity index (χ0n) is 15.3. The van der Waals surface area contributed by atoms with E-state index in [0.29, 0.717) is 16.5 Å². The molecular formula is C21H15ClN4O2S. The maximum absolute atomic E-state index is 11.8. The molecular weight excluding hydrogens is 408 g/mol. The molecule has 0 saturated carbocycles. The molecule has 5 aromatic rings. The van der Waals surface area contributed by atoms with Crippen LogP contribution < -0.4 is 0 Å². The SMILES string of the molecule is CS(=O)(=O)c1ccc(-c2nc3ccccn3c2-c2nc3ccc(Cl)cc3[nH]2)cc1. The number of pyridine rings is 1. The van der Waals surface area contributed by atoms with Crippen molar-refractivity contribution in [3.05, 3.63) is 71.9 Å². The number of imidazole rings is 2. The van der Waals surface area contributed by atoms with Crippen molar-refractivity contribution in [1.29, 1.82) is 0 Å². The first kappa shape index (κ1) is 17.9. The van der Waals surface area contributed by atoms with Crippen LogP contribution in [0.3, 0.4) is 0 Å². The van der Waals surface area contributed by atoms with Crippen molar-refractivity contribution in [2.45, 2.75) is 4.90 Å². The molecule has 0 radical (unpaired) electrons. The highest BCUT2D eigenvalue weighted by Crippen LogP contribution is 2.33. The van der Waals surface area contributed by atoms with E-state index >= 15 is 0 Å². The molecule has 0 aliphatic heterocycles. The second-order valence-corrected chi connectivity index (χ2v) is 9.23. The lowest BCUT2D eigenvalue weighted by Crippen LogP contribution is -1.96. The molecule has 8 heteroatoms. The molecule has 144 valence electrons. The van der Waals surface area contributed by atoms with Gasteiger partial charge in [0.05, 0.1) is 15.9 Å². The number of rotatable bonds is 3. The van der Waals surface area contributed by atoms with E-state index in [0.717, 1.165) is 27.9 Å². The van der Waals surface area contributed by atoms with Crippen molar-refractivity contribution in [3.8, 4) is 22.8 Å². The van der Waals surface area contributed by atoms with Gasteiger partial charge in [-0.15, -0.1) is 0 Å². The van der Waals surface area contributed by atoms with Crippen molar-refractivity contribution in [3.63, 3.8) is 0 Å². The second-order valence-electron chi connectivity index (χ2n) is 6.78. The van der Waals surface area contributed by atoms with E-state index in [2.05, 4.69) is 4.98 Å². The third kappa shape index (κ3) is 3.08. The van der Waals surface area contributed by atoms with Crippen molar-refractivity contribution in [2.75, 3.05) is 6.26 Å². The fraction of sp³-hybridized carbons (Fsp3) is 0.0476. The Kier molecular flexibility index (Phi) is 3.97. The zero-order chi connectivity index (χ0) is 20.2. The average molecular weight is 423 g/mol. The van der Waals surface area contributed by atoms with Crippen LogP contribution in [0.5, 0.6) is 0 Å². The number of hydrogen-bond donors (Lipinski definition) is 1. The molecule has 0 amide bonds. The fourth-order valence-corrected chi connectivity index (χ4v) is 4.18. The summed E-state index contributed by atoms with van der Waals surface area (Å²) in [4.78, 5) is 13.1. The highest BCUT2D eigenvalue weighted by Gasteiger charge is 2.19. The number of sulfone groups is 1. The summed E-state index contributed by atoms with van der Waals surface area (Å²) in [7, 11) is -3.27. The van der Waals surface area contributed by atoms with E-state index in [-0.39, 0.29) is 4.90 Å². The summed E-state index contributed by atoms with van der Waals surface area (Å²) >= 11 is 6.11. The minimum Gasteiger partial charge on any atom is -0.337 e. The highest BCUT2D eigenvalue weighted by atomic mass is 35.5. The molecule has 0 unspecified atom stereocenters. The van der Waals surface area contributed by atoms with Crippen LogP contribution in [0.2, 0.25) is 5.02 Å². The van der Waals surface area contributed by atoms with E-state index in [1.807, 2.05) is 40.9 Å². The second kappa shape index (κ2) is 6.43. The van der Waals surface area contributed by atoms with Crippen molar-refractivity contribution < 1.29 is 8.42 Å². The Labute approximate surface area is 171 Å². The van der Waals surface area contributed by atoms with Crippen LogP contribution in [0.1, 0.15) is 0 Å². The summed E-state index contributed by atoms with van der Waals surface area (Å²) in [5, 5.41) is 0.627. The number of hydrogen-bond acceptors (Lipinski definition) is 4. The van der Waals surface area contributed by atoms with Gasteiger partial charge >= 0.3 is 0 Å². The highest BCUT2D eigenvalue weighted by molar-refractivity contribution is 7.90. The number of aromatic amines is 1. The van der Waals surface area contributed by atoms with E-state index in [1.54, 1.807) is 30.3 Å². The Balaban J connectivity index is 1.76. The number of nitrogens with zero attached hydrogens (tertiary/aromatic N) is 3. The average Bonchev–Trinajstić information content (AvgIpc) is 3.27. The van der Waals surface area contributed by atoms with E-state index in [1.165, 1.54) is 6.26 Å². The molecule has 0 bridgehead atoms. The van der Waals surface area contributed by atoms with Crippen LogP contribution in [0.15, 0.2) is 71.8 Å². The van der Waals surface area contributed by atoms with Crippen molar-refractivity contribution in [2.24, 2.45) is 0 Å². The first-order valence-corrected chi connectivity index (χ1v) is 11.1. The summed E-state index contributed by atoms with van der Waals surface area (Å²) in [6.45, 7) is 0. The van der Waals surface area contributed by atoms with Crippen LogP contribution in [0.4, 0.5) is 0 Å². The molecule has 0 atom stereocenters. The molecule has 2 aromatic carbocycles. The summed E-state index contributed by atoms with van der Waals surface area (Å²) in [6, 6.07) is 18.0. The first-order chi connectivity index (χ1) is 13.9. The molecule has 6 nitrogen and oxygen atoms in total. The van der Waals surface area contributed by atoms with Crippen LogP contribution in [0.25, 0.3) is 39.5 Å². The zero-order valence-corrected chi connectivity index (χ0v) is 16.9.